The lowest BCUT2D eigenvalue weighted by Gasteiger charge is -2.48. The molecule has 0 unspecified atom stereocenters. The van der Waals surface area contributed by atoms with Crippen LogP contribution in [-0.4, -0.2) is 53.7 Å². The Kier molecular flexibility index (Phi) is 4.85. The second kappa shape index (κ2) is 6.87. The zero-order chi connectivity index (χ0) is 16.3. The summed E-state index contributed by atoms with van der Waals surface area (Å²) >= 11 is 0. The predicted molar refractivity (Wildman–Crippen MR) is 90.4 cm³/mol. The molecule has 1 amide bonds. The van der Waals surface area contributed by atoms with E-state index in [1.807, 2.05) is 17.2 Å². The number of nitrogens with zero attached hydrogens (tertiary/aromatic N) is 3. The van der Waals surface area contributed by atoms with Crippen molar-refractivity contribution in [2.45, 2.75) is 39.0 Å². The molecule has 2 fully saturated rings. The first-order chi connectivity index (χ1) is 11.1. The van der Waals surface area contributed by atoms with Crippen LogP contribution in [0.2, 0.25) is 0 Å². The number of aromatic nitrogens is 1. The van der Waals surface area contributed by atoms with E-state index in [0.717, 1.165) is 38.3 Å². The molecular weight excluding hydrogens is 290 g/mol. The molecule has 5 heteroatoms. The molecule has 0 radical (unpaired) electrons. The van der Waals surface area contributed by atoms with E-state index in [1.54, 1.807) is 0 Å². The maximum Gasteiger partial charge on any atom is 0.222 e. The normalized spacial score (nSPS) is 25.2. The third kappa shape index (κ3) is 3.66. The summed E-state index contributed by atoms with van der Waals surface area (Å²) in [6.45, 7) is 5.78. The molecule has 1 aromatic heterocycles. The number of aryl methyl sites for hydroxylation is 1. The summed E-state index contributed by atoms with van der Waals surface area (Å²) < 4.78 is 0. The van der Waals surface area contributed by atoms with Crippen molar-refractivity contribution in [2.75, 3.05) is 37.7 Å². The number of likely N-dealkylation sites (tertiary alicyclic amines) is 1. The van der Waals surface area contributed by atoms with Crippen LogP contribution in [0.5, 0.6) is 0 Å². The summed E-state index contributed by atoms with van der Waals surface area (Å²) in [7, 11) is 0. The minimum atomic E-state index is 0.149. The first kappa shape index (κ1) is 16.2. The second-order valence-corrected chi connectivity index (χ2v) is 7.11. The Morgan fingerprint density at radius 3 is 3.00 bits per heavy atom. The van der Waals surface area contributed by atoms with Crippen molar-refractivity contribution in [3.63, 3.8) is 0 Å². The number of pyridine rings is 1. The monoisotopic (exact) mass is 317 g/mol. The first-order valence-corrected chi connectivity index (χ1v) is 8.68. The van der Waals surface area contributed by atoms with E-state index in [1.165, 1.54) is 12.0 Å². The van der Waals surface area contributed by atoms with Gasteiger partial charge in [-0.3, -0.25) is 4.79 Å². The van der Waals surface area contributed by atoms with Crippen molar-refractivity contribution in [2.24, 2.45) is 5.41 Å². The molecule has 1 spiro atoms. The molecule has 0 saturated carbocycles. The van der Waals surface area contributed by atoms with Crippen LogP contribution >= 0.6 is 0 Å². The second-order valence-electron chi connectivity index (χ2n) is 7.11. The van der Waals surface area contributed by atoms with Crippen LogP contribution in [0.25, 0.3) is 0 Å². The Hall–Kier alpha value is -1.62. The lowest BCUT2D eigenvalue weighted by atomic mass is 9.73. The fourth-order valence-corrected chi connectivity index (χ4v) is 4.00. The van der Waals surface area contributed by atoms with Crippen LogP contribution in [0.1, 0.15) is 37.7 Å². The van der Waals surface area contributed by atoms with Gasteiger partial charge in [-0.05, 0) is 50.3 Å². The van der Waals surface area contributed by atoms with Crippen molar-refractivity contribution in [3.05, 3.63) is 23.9 Å². The van der Waals surface area contributed by atoms with Crippen molar-refractivity contribution in [1.82, 2.24) is 9.88 Å². The van der Waals surface area contributed by atoms with E-state index >= 15 is 0 Å². The standard InChI is InChI=1S/C18H27N3O2/c1-15-5-8-19-16(12-15)20-9-2-6-18(13-20)7-4-17(23)21(14-18)10-3-11-22/h5,8,12,22H,2-4,6-7,9-11,13-14H2,1H3/t18-/m0/s1. The molecule has 0 aliphatic carbocycles. The highest BCUT2D eigenvalue weighted by Crippen LogP contribution is 2.39. The smallest absolute Gasteiger partial charge is 0.222 e. The molecule has 126 valence electrons. The number of hydrogen-bond donors (Lipinski definition) is 1. The van der Waals surface area contributed by atoms with Gasteiger partial charge >= 0.3 is 0 Å². The molecule has 5 nitrogen and oxygen atoms in total. The van der Waals surface area contributed by atoms with Gasteiger partial charge in [-0.25, -0.2) is 4.98 Å². The average molecular weight is 317 g/mol. The Morgan fingerprint density at radius 2 is 2.22 bits per heavy atom. The summed E-state index contributed by atoms with van der Waals surface area (Å²) in [5.74, 6) is 1.30. The minimum absolute atomic E-state index is 0.149. The number of rotatable bonds is 4. The molecule has 0 bridgehead atoms. The molecule has 2 aliphatic heterocycles. The molecule has 23 heavy (non-hydrogen) atoms. The van der Waals surface area contributed by atoms with Gasteiger partial charge in [0.15, 0.2) is 0 Å². The lowest BCUT2D eigenvalue weighted by molar-refractivity contribution is -0.138. The molecule has 3 heterocycles. The van der Waals surface area contributed by atoms with Crippen LogP contribution in [0.3, 0.4) is 0 Å². The Labute approximate surface area is 138 Å². The minimum Gasteiger partial charge on any atom is -0.396 e. The van der Waals surface area contributed by atoms with Crippen molar-refractivity contribution < 1.29 is 9.90 Å². The number of piperidine rings is 2. The number of carbonyl (C=O) groups excluding carboxylic acids is 1. The van der Waals surface area contributed by atoms with Gasteiger partial charge in [0.1, 0.15) is 5.82 Å². The first-order valence-electron chi connectivity index (χ1n) is 8.68. The molecule has 1 N–H and O–H groups in total. The maximum atomic E-state index is 12.1. The number of carbonyl (C=O) groups is 1. The van der Waals surface area contributed by atoms with Crippen LogP contribution < -0.4 is 4.90 Å². The van der Waals surface area contributed by atoms with Gasteiger partial charge in [0.2, 0.25) is 5.91 Å². The zero-order valence-corrected chi connectivity index (χ0v) is 14.0. The van der Waals surface area contributed by atoms with E-state index in [4.69, 9.17) is 5.11 Å². The Morgan fingerprint density at radius 1 is 1.35 bits per heavy atom. The maximum absolute atomic E-state index is 12.1. The van der Waals surface area contributed by atoms with Gasteiger partial charge < -0.3 is 14.9 Å². The number of aliphatic hydroxyl groups is 1. The number of anilines is 1. The summed E-state index contributed by atoms with van der Waals surface area (Å²) in [5.41, 5.74) is 1.42. The van der Waals surface area contributed by atoms with Crippen LogP contribution in [0.4, 0.5) is 5.82 Å². The predicted octanol–water partition coefficient (Wildman–Crippen LogP) is 1.98. The Balaban J connectivity index is 1.72. The van der Waals surface area contributed by atoms with Gasteiger partial charge in [0.25, 0.3) is 0 Å². The highest BCUT2D eigenvalue weighted by molar-refractivity contribution is 5.77. The fraction of sp³-hybridized carbons (Fsp3) is 0.667. The van der Waals surface area contributed by atoms with Gasteiger partial charge in [0.05, 0.1) is 0 Å². The zero-order valence-electron chi connectivity index (χ0n) is 14.0. The third-order valence-electron chi connectivity index (χ3n) is 5.22. The molecule has 1 aromatic rings. The van der Waals surface area contributed by atoms with Gasteiger partial charge in [0, 0.05) is 50.8 Å². The van der Waals surface area contributed by atoms with Crippen molar-refractivity contribution in [3.8, 4) is 0 Å². The van der Waals surface area contributed by atoms with Crippen LogP contribution in [0, 0.1) is 12.3 Å². The molecule has 0 aromatic carbocycles. The van der Waals surface area contributed by atoms with E-state index in [0.29, 0.717) is 19.4 Å². The number of aliphatic hydroxyl groups excluding tert-OH is 1. The summed E-state index contributed by atoms with van der Waals surface area (Å²) in [4.78, 5) is 21.0. The highest BCUT2D eigenvalue weighted by atomic mass is 16.3. The van der Waals surface area contributed by atoms with Crippen molar-refractivity contribution >= 4 is 11.7 Å². The largest absolute Gasteiger partial charge is 0.396 e. The van der Waals surface area contributed by atoms with Gasteiger partial charge in [-0.1, -0.05) is 0 Å². The van der Waals surface area contributed by atoms with E-state index < -0.39 is 0 Å². The molecular formula is C18H27N3O2. The van der Waals surface area contributed by atoms with Gasteiger partial charge in [-0.2, -0.15) is 0 Å². The van der Waals surface area contributed by atoms with E-state index in [2.05, 4.69) is 22.9 Å². The SMILES string of the molecule is Cc1ccnc(N2CCC[C@]3(CCC(=O)N(CCCO)C3)C2)c1. The van der Waals surface area contributed by atoms with E-state index in [-0.39, 0.29) is 17.9 Å². The number of amides is 1. The average Bonchev–Trinajstić information content (AvgIpc) is 2.56. The van der Waals surface area contributed by atoms with Crippen molar-refractivity contribution in [1.29, 1.82) is 0 Å². The van der Waals surface area contributed by atoms with Crippen LogP contribution in [-0.2, 0) is 4.79 Å². The number of hydrogen-bond acceptors (Lipinski definition) is 4. The lowest BCUT2D eigenvalue weighted by Crippen LogP contribution is -2.54. The third-order valence-corrected chi connectivity index (χ3v) is 5.22. The van der Waals surface area contributed by atoms with E-state index in [9.17, 15) is 4.79 Å². The topological polar surface area (TPSA) is 56.7 Å². The summed E-state index contributed by atoms with van der Waals surface area (Å²) in [6, 6.07) is 4.18. The molecule has 3 rings (SSSR count). The summed E-state index contributed by atoms with van der Waals surface area (Å²) in [5, 5.41) is 9.05. The fourth-order valence-electron chi connectivity index (χ4n) is 4.00. The highest BCUT2D eigenvalue weighted by Gasteiger charge is 2.41. The van der Waals surface area contributed by atoms with Gasteiger partial charge in [-0.15, -0.1) is 0 Å². The Bertz CT molecular complexity index is 563. The van der Waals surface area contributed by atoms with Crippen LogP contribution in [0.15, 0.2) is 18.3 Å². The summed E-state index contributed by atoms with van der Waals surface area (Å²) in [6.07, 6.45) is 6.50. The molecule has 2 aliphatic rings. The quantitative estimate of drug-likeness (QED) is 0.922. The molecule has 1 atom stereocenters. The molecule has 2 saturated heterocycles.